The summed E-state index contributed by atoms with van der Waals surface area (Å²) in [6, 6.07) is 14.4. The van der Waals surface area contributed by atoms with E-state index in [0.29, 0.717) is 0 Å². The molecule has 0 bridgehead atoms. The minimum Gasteiger partial charge on any atom is -0.0714 e. The molecule has 4 rings (SSSR count). The fourth-order valence-corrected chi connectivity index (χ4v) is 7.03. The SMILES string of the molecule is C[SiH](C)C1C(C2CC2)=Cc2c(-c3cc(C(C)(C)C)cc(C(C)(C)C)c3)cccc21. The predicted octanol–water partition coefficient (Wildman–Crippen LogP) is 7.87. The van der Waals surface area contributed by atoms with E-state index in [1.165, 1.54) is 40.7 Å². The van der Waals surface area contributed by atoms with Gasteiger partial charge in [0.05, 0.1) is 0 Å². The first kappa shape index (κ1) is 20.7. The smallest absolute Gasteiger partial charge is 0.0440 e. The molecule has 0 nitrogen and oxygen atoms in total. The van der Waals surface area contributed by atoms with Crippen molar-refractivity contribution in [1.29, 1.82) is 0 Å². The summed E-state index contributed by atoms with van der Waals surface area (Å²) in [6.45, 7) is 19.1. The van der Waals surface area contributed by atoms with Crippen molar-refractivity contribution in [3.05, 3.63) is 64.2 Å². The molecule has 1 heteroatoms. The summed E-state index contributed by atoms with van der Waals surface area (Å²) in [5.41, 5.74) is 11.7. The van der Waals surface area contributed by atoms with E-state index in [4.69, 9.17) is 0 Å². The molecule has 2 aromatic rings. The maximum atomic E-state index is 2.60. The fraction of sp³-hybridized carbons (Fsp3) is 0.500. The Bertz CT molecular complexity index is 927. The summed E-state index contributed by atoms with van der Waals surface area (Å²) in [5.74, 6) is 0.862. The largest absolute Gasteiger partial charge is 0.0714 e. The van der Waals surface area contributed by atoms with Gasteiger partial charge in [0.15, 0.2) is 0 Å². The van der Waals surface area contributed by atoms with Crippen LogP contribution in [0.25, 0.3) is 17.2 Å². The van der Waals surface area contributed by atoms with E-state index in [0.717, 1.165) is 11.5 Å². The molecule has 1 fully saturated rings. The second kappa shape index (κ2) is 6.98. The van der Waals surface area contributed by atoms with Crippen LogP contribution < -0.4 is 0 Å². The molecular formula is C28H38Si. The zero-order valence-corrected chi connectivity index (χ0v) is 20.8. The summed E-state index contributed by atoms with van der Waals surface area (Å²) in [6.07, 6.45) is 5.40. The van der Waals surface area contributed by atoms with Gasteiger partial charge in [-0.1, -0.05) is 103 Å². The first-order chi connectivity index (χ1) is 13.5. The van der Waals surface area contributed by atoms with Gasteiger partial charge in [-0.3, -0.25) is 0 Å². The molecular weight excluding hydrogens is 364 g/mol. The third kappa shape index (κ3) is 3.91. The van der Waals surface area contributed by atoms with Gasteiger partial charge in [0.25, 0.3) is 0 Å². The first-order valence-corrected chi connectivity index (χ1v) is 14.5. The Balaban J connectivity index is 1.91. The molecule has 1 atom stereocenters. The Hall–Kier alpha value is -1.60. The number of allylic oxidation sites excluding steroid dienone is 1. The van der Waals surface area contributed by atoms with Crippen LogP contribution in [-0.2, 0) is 10.8 Å². The summed E-state index contributed by atoms with van der Waals surface area (Å²) in [5, 5.41) is 0. The summed E-state index contributed by atoms with van der Waals surface area (Å²) >= 11 is 0. The van der Waals surface area contributed by atoms with Crippen LogP contribution in [0.3, 0.4) is 0 Å². The summed E-state index contributed by atoms with van der Waals surface area (Å²) in [4.78, 5) is 0. The lowest BCUT2D eigenvalue weighted by Crippen LogP contribution is -2.17. The van der Waals surface area contributed by atoms with E-state index in [-0.39, 0.29) is 10.8 Å². The van der Waals surface area contributed by atoms with Crippen molar-refractivity contribution >= 4 is 14.9 Å². The van der Waals surface area contributed by atoms with Crippen LogP contribution in [0, 0.1) is 5.92 Å². The van der Waals surface area contributed by atoms with Gasteiger partial charge in [-0.05, 0) is 68.5 Å². The van der Waals surface area contributed by atoms with Crippen molar-refractivity contribution < 1.29 is 0 Å². The monoisotopic (exact) mass is 402 g/mol. The first-order valence-electron chi connectivity index (χ1n) is 11.5. The highest BCUT2D eigenvalue weighted by atomic mass is 28.3. The predicted molar refractivity (Wildman–Crippen MR) is 132 cm³/mol. The molecule has 0 aromatic heterocycles. The number of rotatable bonds is 3. The molecule has 0 heterocycles. The maximum Gasteiger partial charge on any atom is 0.0440 e. The molecule has 0 spiro atoms. The second-order valence-electron chi connectivity index (χ2n) is 11.7. The lowest BCUT2D eigenvalue weighted by molar-refractivity contribution is 0.569. The average Bonchev–Trinajstić information content (AvgIpc) is 3.38. The van der Waals surface area contributed by atoms with Crippen LogP contribution >= 0.6 is 0 Å². The van der Waals surface area contributed by atoms with Crippen LogP contribution in [0.1, 0.15) is 82.2 Å². The highest BCUT2D eigenvalue weighted by molar-refractivity contribution is 6.58. The molecule has 0 N–H and O–H groups in total. The quantitative estimate of drug-likeness (QED) is 0.458. The molecule has 0 saturated heterocycles. The molecule has 1 unspecified atom stereocenters. The number of hydrogen-bond acceptors (Lipinski definition) is 0. The molecule has 0 amide bonds. The van der Waals surface area contributed by atoms with Gasteiger partial charge in [0, 0.05) is 8.80 Å². The summed E-state index contributed by atoms with van der Waals surface area (Å²) < 4.78 is 0. The maximum absolute atomic E-state index is 2.60. The number of fused-ring (bicyclic) bond motifs is 1. The molecule has 2 aliphatic rings. The molecule has 154 valence electrons. The molecule has 0 aliphatic heterocycles. The van der Waals surface area contributed by atoms with E-state index in [1.54, 1.807) is 11.1 Å². The van der Waals surface area contributed by atoms with Crippen molar-refractivity contribution in [1.82, 2.24) is 0 Å². The topological polar surface area (TPSA) is 0 Å². The zero-order chi connectivity index (χ0) is 21.1. The van der Waals surface area contributed by atoms with Gasteiger partial charge in [-0.15, -0.1) is 0 Å². The Kier molecular flexibility index (Phi) is 4.97. The van der Waals surface area contributed by atoms with Gasteiger partial charge in [-0.25, -0.2) is 0 Å². The third-order valence-corrected chi connectivity index (χ3v) is 8.91. The van der Waals surface area contributed by atoms with E-state index in [1.807, 2.05) is 0 Å². The Morgan fingerprint density at radius 2 is 1.41 bits per heavy atom. The van der Waals surface area contributed by atoms with Crippen LogP contribution in [0.5, 0.6) is 0 Å². The Labute approximate surface area is 180 Å². The molecule has 2 aromatic carbocycles. The third-order valence-electron chi connectivity index (χ3n) is 6.84. The van der Waals surface area contributed by atoms with Gasteiger partial charge < -0.3 is 0 Å². The van der Waals surface area contributed by atoms with Crippen LogP contribution in [0.2, 0.25) is 13.1 Å². The van der Waals surface area contributed by atoms with Gasteiger partial charge in [0.1, 0.15) is 0 Å². The highest BCUT2D eigenvalue weighted by Gasteiger charge is 2.38. The highest BCUT2D eigenvalue weighted by Crippen LogP contribution is 2.51. The van der Waals surface area contributed by atoms with Crippen molar-refractivity contribution in [3.63, 3.8) is 0 Å². The van der Waals surface area contributed by atoms with Crippen molar-refractivity contribution in [2.75, 3.05) is 0 Å². The Morgan fingerprint density at radius 1 is 0.828 bits per heavy atom. The molecule has 1 saturated carbocycles. The van der Waals surface area contributed by atoms with E-state index in [9.17, 15) is 0 Å². The summed E-state index contributed by atoms with van der Waals surface area (Å²) in [7, 11) is -0.791. The molecule has 0 radical (unpaired) electrons. The van der Waals surface area contributed by atoms with Crippen LogP contribution in [0.15, 0.2) is 42.0 Å². The van der Waals surface area contributed by atoms with Crippen LogP contribution in [-0.4, -0.2) is 8.80 Å². The second-order valence-corrected chi connectivity index (χ2v) is 14.9. The van der Waals surface area contributed by atoms with E-state index in [2.05, 4.69) is 97.1 Å². The molecule has 2 aliphatic carbocycles. The standard InChI is InChI=1S/C28H38Si/c1-27(2,3)20-14-19(15-21(16-20)28(4,5)6)22-10-9-11-23-25(22)17-24(18-12-13-18)26(23)29(7)8/h9-11,14-18,26,29H,12-13H2,1-8H3. The lowest BCUT2D eigenvalue weighted by Gasteiger charge is -2.27. The molecule has 29 heavy (non-hydrogen) atoms. The van der Waals surface area contributed by atoms with Gasteiger partial charge in [0.2, 0.25) is 0 Å². The average molecular weight is 403 g/mol. The van der Waals surface area contributed by atoms with E-state index >= 15 is 0 Å². The fourth-order valence-electron chi connectivity index (χ4n) is 4.88. The number of benzene rings is 2. The Morgan fingerprint density at radius 3 is 1.90 bits per heavy atom. The minimum atomic E-state index is -0.791. The van der Waals surface area contributed by atoms with Crippen molar-refractivity contribution in [3.8, 4) is 11.1 Å². The lowest BCUT2D eigenvalue weighted by atomic mass is 9.78. The minimum absolute atomic E-state index is 0.149. The normalized spacial score (nSPS) is 19.5. The van der Waals surface area contributed by atoms with E-state index < -0.39 is 8.80 Å². The zero-order valence-electron chi connectivity index (χ0n) is 19.7. The van der Waals surface area contributed by atoms with Crippen molar-refractivity contribution in [2.45, 2.75) is 83.8 Å². The van der Waals surface area contributed by atoms with Crippen molar-refractivity contribution in [2.24, 2.45) is 5.92 Å². The van der Waals surface area contributed by atoms with Crippen LogP contribution in [0.4, 0.5) is 0 Å². The number of hydrogen-bond donors (Lipinski definition) is 0. The van der Waals surface area contributed by atoms with Gasteiger partial charge in [-0.2, -0.15) is 0 Å². The van der Waals surface area contributed by atoms with Gasteiger partial charge >= 0.3 is 0 Å².